The number of hydrogen-bond acceptors (Lipinski definition) is 4. The van der Waals surface area contributed by atoms with E-state index in [0.717, 1.165) is 6.20 Å². The van der Waals surface area contributed by atoms with Crippen LogP contribution in [0.5, 0.6) is 0 Å². The van der Waals surface area contributed by atoms with Crippen LogP contribution in [0.4, 0.5) is 14.6 Å². The molecule has 0 aliphatic rings. The fraction of sp³-hybridized carbons (Fsp3) is 0. The highest BCUT2D eigenvalue weighted by Gasteiger charge is 2.23. The molecular weight excluding hydrogens is 373 g/mol. The Hall–Kier alpha value is -1.97. The summed E-state index contributed by atoms with van der Waals surface area (Å²) in [5.74, 6) is -3.11. The number of anilines is 1. The minimum Gasteiger partial charge on any atom is -0.345 e. The summed E-state index contributed by atoms with van der Waals surface area (Å²) in [6.07, 6.45) is 1.15. The summed E-state index contributed by atoms with van der Waals surface area (Å²) in [6.45, 7) is 0. The first-order chi connectivity index (χ1) is 10.8. The molecule has 0 spiro atoms. The Balaban J connectivity index is 2.06. The molecule has 0 aliphatic carbocycles. The molecule has 23 heavy (non-hydrogen) atoms. The predicted molar refractivity (Wildman–Crippen MR) is 81.1 cm³/mol. The van der Waals surface area contributed by atoms with E-state index in [1.165, 1.54) is 12.1 Å². The lowest BCUT2D eigenvalue weighted by molar-refractivity contribution is 0.564. The number of pyridine rings is 2. The maximum absolute atomic E-state index is 13.7. The smallest absolute Gasteiger partial charge is 0.265 e. The average Bonchev–Trinajstić information content (AvgIpc) is 2.88. The molecule has 120 valence electrons. The highest BCUT2D eigenvalue weighted by atomic mass is 35.5. The van der Waals surface area contributed by atoms with Crippen molar-refractivity contribution >= 4 is 50.1 Å². The molecule has 3 aromatic heterocycles. The molecule has 0 unspecified atom stereocenters. The van der Waals surface area contributed by atoms with Gasteiger partial charge in [0.15, 0.2) is 11.6 Å². The standard InChI is InChI=1S/C12H6Cl2F2N4O2S/c13-6-3-7(15)12(19-10(6)16)20-23(21,22)8-4-17-11-5(8)1-2-9(14)18-11/h1-4H,(H,17,18)(H,19,20). The number of H-pyrrole nitrogens is 1. The maximum Gasteiger partial charge on any atom is 0.265 e. The second-order valence-corrected chi connectivity index (χ2v) is 6.83. The lowest BCUT2D eigenvalue weighted by atomic mass is 10.3. The van der Waals surface area contributed by atoms with Gasteiger partial charge in [-0.15, -0.1) is 0 Å². The molecule has 0 saturated carbocycles. The van der Waals surface area contributed by atoms with Crippen LogP contribution >= 0.6 is 23.2 Å². The summed E-state index contributed by atoms with van der Waals surface area (Å²) < 4.78 is 53.6. The molecular formula is C12H6Cl2F2N4O2S. The van der Waals surface area contributed by atoms with E-state index in [0.29, 0.717) is 6.07 Å². The van der Waals surface area contributed by atoms with Gasteiger partial charge in [-0.1, -0.05) is 23.2 Å². The molecule has 0 fully saturated rings. The van der Waals surface area contributed by atoms with Crippen LogP contribution in [0.25, 0.3) is 11.0 Å². The molecule has 0 aromatic carbocycles. The first-order valence-corrected chi connectivity index (χ1v) is 8.20. The van der Waals surface area contributed by atoms with E-state index in [-0.39, 0.29) is 21.1 Å². The predicted octanol–water partition coefficient (Wildman–Crippen LogP) is 3.34. The Morgan fingerprint density at radius 3 is 2.65 bits per heavy atom. The Kier molecular flexibility index (Phi) is 3.86. The highest BCUT2D eigenvalue weighted by molar-refractivity contribution is 7.93. The van der Waals surface area contributed by atoms with Gasteiger partial charge < -0.3 is 4.98 Å². The molecule has 0 saturated heterocycles. The van der Waals surface area contributed by atoms with Crippen molar-refractivity contribution in [2.24, 2.45) is 0 Å². The zero-order chi connectivity index (χ0) is 16.8. The van der Waals surface area contributed by atoms with Crippen molar-refractivity contribution in [3.63, 3.8) is 0 Å². The van der Waals surface area contributed by atoms with Crippen LogP contribution < -0.4 is 4.72 Å². The van der Waals surface area contributed by atoms with E-state index < -0.39 is 32.6 Å². The molecule has 0 atom stereocenters. The number of nitrogens with one attached hydrogen (secondary N) is 2. The SMILES string of the molecule is O=S(=O)(Nc1nc(F)c(Cl)cc1F)c1c[nH]c2nc(Cl)ccc12. The van der Waals surface area contributed by atoms with E-state index in [1.54, 1.807) is 0 Å². The van der Waals surface area contributed by atoms with Crippen LogP contribution in [0.15, 0.2) is 29.3 Å². The fourth-order valence-corrected chi connectivity index (χ4v) is 3.34. The van der Waals surface area contributed by atoms with Gasteiger partial charge in [0.25, 0.3) is 10.0 Å². The molecule has 0 amide bonds. The van der Waals surface area contributed by atoms with Crippen LogP contribution in [0.2, 0.25) is 10.2 Å². The topological polar surface area (TPSA) is 87.7 Å². The van der Waals surface area contributed by atoms with Crippen LogP contribution in [-0.4, -0.2) is 23.4 Å². The molecule has 3 heterocycles. The normalized spacial score (nSPS) is 11.8. The highest BCUT2D eigenvalue weighted by Crippen LogP contribution is 2.26. The molecule has 3 rings (SSSR count). The van der Waals surface area contributed by atoms with Crippen LogP contribution in [0.1, 0.15) is 0 Å². The minimum absolute atomic E-state index is 0.170. The second kappa shape index (κ2) is 5.59. The van der Waals surface area contributed by atoms with E-state index >= 15 is 0 Å². The van der Waals surface area contributed by atoms with Crippen LogP contribution in [0.3, 0.4) is 0 Å². The van der Waals surface area contributed by atoms with E-state index in [2.05, 4.69) is 15.0 Å². The van der Waals surface area contributed by atoms with Crippen molar-refractivity contribution in [1.29, 1.82) is 0 Å². The van der Waals surface area contributed by atoms with Gasteiger partial charge in [0.1, 0.15) is 15.7 Å². The second-order valence-electron chi connectivity index (χ2n) is 4.38. The average molecular weight is 379 g/mol. The lowest BCUT2D eigenvalue weighted by Gasteiger charge is -2.08. The zero-order valence-corrected chi connectivity index (χ0v) is 13.3. The molecule has 0 bridgehead atoms. The third-order valence-electron chi connectivity index (χ3n) is 2.87. The number of aromatic amines is 1. The van der Waals surface area contributed by atoms with Crippen LogP contribution in [0, 0.1) is 11.8 Å². The first-order valence-electron chi connectivity index (χ1n) is 5.96. The Bertz CT molecular complexity index is 1020. The molecule has 0 radical (unpaired) electrons. The first kappa shape index (κ1) is 15.9. The van der Waals surface area contributed by atoms with Crippen molar-refractivity contribution in [1.82, 2.24) is 15.0 Å². The van der Waals surface area contributed by atoms with Gasteiger partial charge in [-0.3, -0.25) is 4.72 Å². The number of fused-ring (bicyclic) bond motifs is 1. The van der Waals surface area contributed by atoms with Crippen molar-refractivity contribution in [3.05, 3.63) is 46.3 Å². The maximum atomic E-state index is 13.7. The summed E-state index contributed by atoms with van der Waals surface area (Å²) in [5, 5.41) is -0.156. The Labute approximate surface area is 138 Å². The van der Waals surface area contributed by atoms with Gasteiger partial charge in [-0.05, 0) is 12.1 Å². The molecule has 11 heteroatoms. The minimum atomic E-state index is -4.24. The van der Waals surface area contributed by atoms with Gasteiger partial charge in [-0.2, -0.15) is 9.37 Å². The number of nitrogens with zero attached hydrogens (tertiary/aromatic N) is 2. The Morgan fingerprint density at radius 1 is 1.17 bits per heavy atom. The van der Waals surface area contributed by atoms with Crippen LogP contribution in [-0.2, 0) is 10.0 Å². The third-order valence-corrected chi connectivity index (χ3v) is 4.73. The number of sulfonamides is 1. The van der Waals surface area contributed by atoms with Gasteiger partial charge in [0.2, 0.25) is 5.95 Å². The Morgan fingerprint density at radius 2 is 1.91 bits per heavy atom. The fourth-order valence-electron chi connectivity index (χ4n) is 1.88. The summed E-state index contributed by atoms with van der Waals surface area (Å²) in [6, 6.07) is 3.46. The van der Waals surface area contributed by atoms with E-state index in [1.807, 2.05) is 4.72 Å². The van der Waals surface area contributed by atoms with Gasteiger partial charge >= 0.3 is 0 Å². The largest absolute Gasteiger partial charge is 0.345 e. The molecule has 0 aliphatic heterocycles. The van der Waals surface area contributed by atoms with Crippen molar-refractivity contribution in [3.8, 4) is 0 Å². The molecule has 3 aromatic rings. The summed E-state index contributed by atoms with van der Waals surface area (Å²) in [4.78, 5) is 9.48. The zero-order valence-electron chi connectivity index (χ0n) is 10.9. The van der Waals surface area contributed by atoms with E-state index in [9.17, 15) is 17.2 Å². The molecule has 2 N–H and O–H groups in total. The van der Waals surface area contributed by atoms with Gasteiger partial charge in [-0.25, -0.2) is 17.8 Å². The lowest BCUT2D eigenvalue weighted by Crippen LogP contribution is -2.15. The third kappa shape index (κ3) is 2.94. The monoisotopic (exact) mass is 378 g/mol. The van der Waals surface area contributed by atoms with E-state index in [4.69, 9.17) is 23.2 Å². The number of hydrogen-bond donors (Lipinski definition) is 2. The van der Waals surface area contributed by atoms with Gasteiger partial charge in [0.05, 0.1) is 5.02 Å². The summed E-state index contributed by atoms with van der Waals surface area (Å²) in [7, 11) is -4.24. The number of rotatable bonds is 3. The van der Waals surface area contributed by atoms with Crippen molar-refractivity contribution < 1.29 is 17.2 Å². The summed E-state index contributed by atoms with van der Waals surface area (Å²) in [5.41, 5.74) is 0.230. The van der Waals surface area contributed by atoms with Gasteiger partial charge in [0, 0.05) is 17.6 Å². The number of aromatic nitrogens is 3. The quantitative estimate of drug-likeness (QED) is 0.684. The summed E-state index contributed by atoms with van der Waals surface area (Å²) >= 11 is 11.1. The molecule has 6 nitrogen and oxygen atoms in total. The number of halogens is 4. The van der Waals surface area contributed by atoms with Crippen molar-refractivity contribution in [2.75, 3.05) is 4.72 Å². The van der Waals surface area contributed by atoms with Crippen molar-refractivity contribution in [2.45, 2.75) is 4.90 Å².